The van der Waals surface area contributed by atoms with E-state index in [0.717, 1.165) is 30.2 Å². The van der Waals surface area contributed by atoms with Crippen LogP contribution >= 0.6 is 0 Å². The summed E-state index contributed by atoms with van der Waals surface area (Å²) in [5.41, 5.74) is 3.65. The van der Waals surface area contributed by atoms with E-state index in [1.54, 1.807) is 6.33 Å². The topological polar surface area (TPSA) is 49.8 Å². The molecule has 1 heterocycles. The molecule has 0 saturated carbocycles. The first-order valence-corrected chi connectivity index (χ1v) is 6.55. The number of benzene rings is 1. The largest absolute Gasteiger partial charge is 0.373 e. The molecule has 0 aliphatic carbocycles. The Morgan fingerprint density at radius 1 is 1.05 bits per heavy atom. The third-order valence-corrected chi connectivity index (χ3v) is 3.12. The van der Waals surface area contributed by atoms with Crippen LogP contribution in [0.4, 0.5) is 11.6 Å². The molecule has 2 aromatic rings. The van der Waals surface area contributed by atoms with E-state index in [4.69, 9.17) is 0 Å². The molecule has 19 heavy (non-hydrogen) atoms. The third kappa shape index (κ3) is 3.22. The average Bonchev–Trinajstić information content (AvgIpc) is 2.46. The van der Waals surface area contributed by atoms with Gasteiger partial charge in [-0.05, 0) is 18.9 Å². The second-order valence-corrected chi connectivity index (χ2v) is 4.49. The zero-order chi connectivity index (χ0) is 13.7. The number of nitrogens with one attached hydrogen (secondary N) is 2. The Labute approximate surface area is 114 Å². The summed E-state index contributed by atoms with van der Waals surface area (Å²) >= 11 is 0. The van der Waals surface area contributed by atoms with Gasteiger partial charge in [-0.3, -0.25) is 0 Å². The molecule has 4 heteroatoms. The lowest BCUT2D eigenvalue weighted by Crippen LogP contribution is -2.08. The molecule has 0 fully saturated rings. The van der Waals surface area contributed by atoms with E-state index in [1.165, 1.54) is 11.1 Å². The molecule has 0 aliphatic heterocycles. The lowest BCUT2D eigenvalue weighted by atomic mass is 10.1. The maximum atomic E-state index is 4.33. The van der Waals surface area contributed by atoms with Gasteiger partial charge in [0.2, 0.25) is 0 Å². The van der Waals surface area contributed by atoms with E-state index in [0.29, 0.717) is 0 Å². The number of hydrogen-bond acceptors (Lipinski definition) is 4. The highest BCUT2D eigenvalue weighted by Crippen LogP contribution is 2.20. The highest BCUT2D eigenvalue weighted by Gasteiger charge is 2.07. The fourth-order valence-corrected chi connectivity index (χ4v) is 2.01. The summed E-state index contributed by atoms with van der Waals surface area (Å²) in [6.45, 7) is 4.97. The third-order valence-electron chi connectivity index (χ3n) is 3.12. The molecule has 0 spiro atoms. The molecule has 0 amide bonds. The minimum atomic E-state index is 0.771. The quantitative estimate of drug-likeness (QED) is 0.863. The van der Waals surface area contributed by atoms with E-state index in [9.17, 15) is 0 Å². The average molecular weight is 256 g/mol. The molecule has 1 aromatic heterocycles. The summed E-state index contributed by atoms with van der Waals surface area (Å²) in [5, 5.41) is 6.48. The second kappa shape index (κ2) is 6.18. The molecule has 100 valence electrons. The van der Waals surface area contributed by atoms with E-state index in [1.807, 2.05) is 7.05 Å². The Balaban J connectivity index is 2.13. The fourth-order valence-electron chi connectivity index (χ4n) is 2.01. The van der Waals surface area contributed by atoms with Crippen LogP contribution in [0.15, 0.2) is 30.6 Å². The van der Waals surface area contributed by atoms with Gasteiger partial charge in [-0.25, -0.2) is 9.97 Å². The number of nitrogens with zero attached hydrogens (tertiary/aromatic N) is 2. The number of aromatic nitrogens is 2. The van der Waals surface area contributed by atoms with Crippen molar-refractivity contribution < 1.29 is 0 Å². The molecular formula is C15H20N4. The number of rotatable bonds is 5. The molecule has 0 unspecified atom stereocenters. The van der Waals surface area contributed by atoms with Gasteiger partial charge in [-0.2, -0.15) is 0 Å². The summed E-state index contributed by atoms with van der Waals surface area (Å²) in [6.07, 6.45) is 2.48. The molecule has 1 aromatic carbocycles. The van der Waals surface area contributed by atoms with Crippen molar-refractivity contribution in [3.63, 3.8) is 0 Å². The van der Waals surface area contributed by atoms with Crippen molar-refractivity contribution in [3.05, 3.63) is 47.3 Å². The Hall–Kier alpha value is -2.10. The van der Waals surface area contributed by atoms with Crippen LogP contribution in [0.25, 0.3) is 0 Å². The SMILES string of the molecule is CCc1c(NC)ncnc1NCc1ccc(C)cc1. The van der Waals surface area contributed by atoms with Crippen molar-refractivity contribution in [3.8, 4) is 0 Å². The maximum absolute atomic E-state index is 4.33. The van der Waals surface area contributed by atoms with Gasteiger partial charge in [0, 0.05) is 19.2 Å². The minimum Gasteiger partial charge on any atom is -0.373 e. The van der Waals surface area contributed by atoms with E-state index in [2.05, 4.69) is 58.7 Å². The van der Waals surface area contributed by atoms with Gasteiger partial charge in [0.15, 0.2) is 0 Å². The first-order chi connectivity index (χ1) is 9.24. The Bertz CT molecular complexity index is 534. The summed E-state index contributed by atoms with van der Waals surface area (Å²) in [6, 6.07) is 8.51. The normalized spacial score (nSPS) is 10.3. The zero-order valence-electron chi connectivity index (χ0n) is 11.7. The summed E-state index contributed by atoms with van der Waals surface area (Å²) in [4.78, 5) is 8.56. The monoisotopic (exact) mass is 256 g/mol. The van der Waals surface area contributed by atoms with Crippen molar-refractivity contribution in [1.29, 1.82) is 0 Å². The van der Waals surface area contributed by atoms with Gasteiger partial charge >= 0.3 is 0 Å². The number of hydrogen-bond donors (Lipinski definition) is 2. The molecule has 0 radical (unpaired) electrons. The van der Waals surface area contributed by atoms with Crippen LogP contribution in [0.3, 0.4) is 0 Å². The molecule has 0 aliphatic rings. The first kappa shape index (κ1) is 13.3. The van der Waals surface area contributed by atoms with Gasteiger partial charge in [0.05, 0.1) is 0 Å². The van der Waals surface area contributed by atoms with Crippen molar-refractivity contribution in [1.82, 2.24) is 9.97 Å². The van der Waals surface area contributed by atoms with Crippen LogP contribution in [-0.2, 0) is 13.0 Å². The van der Waals surface area contributed by atoms with Crippen molar-refractivity contribution in [2.75, 3.05) is 17.7 Å². The van der Waals surface area contributed by atoms with E-state index < -0.39 is 0 Å². The van der Waals surface area contributed by atoms with Crippen LogP contribution in [0.2, 0.25) is 0 Å². The Kier molecular flexibility index (Phi) is 4.34. The summed E-state index contributed by atoms with van der Waals surface area (Å²) in [7, 11) is 1.88. The van der Waals surface area contributed by atoms with Gasteiger partial charge in [-0.15, -0.1) is 0 Å². The van der Waals surface area contributed by atoms with Gasteiger partial charge in [0.1, 0.15) is 18.0 Å². The maximum Gasteiger partial charge on any atom is 0.134 e. The second-order valence-electron chi connectivity index (χ2n) is 4.49. The molecular weight excluding hydrogens is 236 g/mol. The first-order valence-electron chi connectivity index (χ1n) is 6.55. The molecule has 0 bridgehead atoms. The number of anilines is 2. The summed E-state index contributed by atoms with van der Waals surface area (Å²) < 4.78 is 0. The van der Waals surface area contributed by atoms with Crippen molar-refractivity contribution >= 4 is 11.6 Å². The van der Waals surface area contributed by atoms with E-state index in [-0.39, 0.29) is 0 Å². The molecule has 0 atom stereocenters. The van der Waals surface area contributed by atoms with Crippen LogP contribution < -0.4 is 10.6 Å². The van der Waals surface area contributed by atoms with Gasteiger partial charge < -0.3 is 10.6 Å². The zero-order valence-corrected chi connectivity index (χ0v) is 11.7. The lowest BCUT2D eigenvalue weighted by Gasteiger charge is -2.12. The van der Waals surface area contributed by atoms with Crippen LogP contribution in [0.5, 0.6) is 0 Å². The molecule has 4 nitrogen and oxygen atoms in total. The van der Waals surface area contributed by atoms with Crippen LogP contribution in [-0.4, -0.2) is 17.0 Å². The van der Waals surface area contributed by atoms with Crippen molar-refractivity contribution in [2.24, 2.45) is 0 Å². The Morgan fingerprint density at radius 2 is 1.74 bits per heavy atom. The molecule has 2 rings (SSSR count). The summed E-state index contributed by atoms with van der Waals surface area (Å²) in [5.74, 6) is 1.80. The standard InChI is InChI=1S/C15H20N4/c1-4-13-14(16-3)18-10-19-15(13)17-9-12-7-5-11(2)6-8-12/h5-8,10H,4,9H2,1-3H3,(H2,16,17,18,19). The van der Waals surface area contributed by atoms with Gasteiger partial charge in [-0.1, -0.05) is 36.8 Å². The molecule has 2 N–H and O–H groups in total. The number of aryl methyl sites for hydroxylation is 1. The van der Waals surface area contributed by atoms with Gasteiger partial charge in [0.25, 0.3) is 0 Å². The predicted octanol–water partition coefficient (Wildman–Crippen LogP) is 3.00. The molecule has 0 saturated heterocycles. The predicted molar refractivity (Wildman–Crippen MR) is 79.5 cm³/mol. The highest BCUT2D eigenvalue weighted by molar-refractivity contribution is 5.57. The van der Waals surface area contributed by atoms with Crippen LogP contribution in [0, 0.1) is 6.92 Å². The van der Waals surface area contributed by atoms with E-state index >= 15 is 0 Å². The minimum absolute atomic E-state index is 0.771. The fraction of sp³-hybridized carbons (Fsp3) is 0.333. The smallest absolute Gasteiger partial charge is 0.134 e. The lowest BCUT2D eigenvalue weighted by molar-refractivity contribution is 1.01. The Morgan fingerprint density at radius 3 is 2.37 bits per heavy atom. The highest BCUT2D eigenvalue weighted by atomic mass is 15.1. The van der Waals surface area contributed by atoms with Crippen LogP contribution in [0.1, 0.15) is 23.6 Å². The van der Waals surface area contributed by atoms with Crippen molar-refractivity contribution in [2.45, 2.75) is 26.8 Å².